The third kappa shape index (κ3) is 2.30. The fraction of sp³-hybridized carbons (Fsp3) is 0.800. The third-order valence-electron chi connectivity index (χ3n) is 1.09. The van der Waals surface area contributed by atoms with Crippen LogP contribution in [-0.2, 0) is 9.63 Å². The molecule has 0 fully saturated rings. The molecule has 0 rings (SSSR count). The van der Waals surface area contributed by atoms with Crippen LogP contribution in [0.2, 0.25) is 0 Å². The molecule has 0 aliphatic rings. The number of hydroxylamine groups is 2. The third-order valence-corrected chi connectivity index (χ3v) is 1.09. The highest BCUT2D eigenvalue weighted by molar-refractivity contribution is 5.79. The molecule has 1 atom stereocenters. The van der Waals surface area contributed by atoms with E-state index in [0.717, 1.165) is 5.06 Å². The van der Waals surface area contributed by atoms with Gasteiger partial charge in [-0.1, -0.05) is 0 Å². The van der Waals surface area contributed by atoms with Gasteiger partial charge in [0.25, 0.3) is 5.91 Å². The molecule has 60 valence electrons. The maximum atomic E-state index is 10.8. The topological polar surface area (TPSA) is 75.8 Å². The van der Waals surface area contributed by atoms with Crippen LogP contribution in [-0.4, -0.2) is 42.9 Å². The largest absolute Gasteiger partial charge is 0.382 e. The van der Waals surface area contributed by atoms with E-state index in [2.05, 4.69) is 4.84 Å². The van der Waals surface area contributed by atoms with Crippen LogP contribution in [0.25, 0.3) is 0 Å². The molecule has 0 aliphatic carbocycles. The van der Waals surface area contributed by atoms with Crippen LogP contribution in [0.3, 0.4) is 0 Å². The number of likely N-dealkylation sites (N-methyl/N-ethyl adjacent to an activating group) is 1. The minimum absolute atomic E-state index is 0.0907. The summed E-state index contributed by atoms with van der Waals surface area (Å²) in [5, 5.41) is 9.76. The standard InChI is InChI=1S/C5H12N2O3/c1-7(10-2)5(9)4(8)3-6/h4,8H,3,6H2,1-2H3. The molecule has 1 amide bonds. The maximum Gasteiger partial charge on any atom is 0.275 e. The Hall–Kier alpha value is -0.650. The molecule has 0 bridgehead atoms. The molecule has 0 spiro atoms. The minimum Gasteiger partial charge on any atom is -0.382 e. The summed E-state index contributed by atoms with van der Waals surface area (Å²) in [6.45, 7) is -0.0907. The van der Waals surface area contributed by atoms with Gasteiger partial charge in [0, 0.05) is 13.6 Å². The van der Waals surface area contributed by atoms with Gasteiger partial charge in [0.05, 0.1) is 7.11 Å². The Morgan fingerprint density at radius 2 is 2.40 bits per heavy atom. The molecular weight excluding hydrogens is 136 g/mol. The first kappa shape index (κ1) is 9.35. The highest BCUT2D eigenvalue weighted by Gasteiger charge is 2.16. The smallest absolute Gasteiger partial charge is 0.275 e. The quantitative estimate of drug-likeness (QED) is 0.469. The van der Waals surface area contributed by atoms with Crippen molar-refractivity contribution >= 4 is 5.91 Å². The molecule has 3 N–H and O–H groups in total. The van der Waals surface area contributed by atoms with E-state index in [0.29, 0.717) is 0 Å². The van der Waals surface area contributed by atoms with Gasteiger partial charge >= 0.3 is 0 Å². The van der Waals surface area contributed by atoms with E-state index in [4.69, 9.17) is 10.8 Å². The summed E-state index contributed by atoms with van der Waals surface area (Å²) in [4.78, 5) is 15.3. The Morgan fingerprint density at radius 3 is 2.70 bits per heavy atom. The molecule has 0 saturated carbocycles. The summed E-state index contributed by atoms with van der Waals surface area (Å²) < 4.78 is 0. The number of amides is 1. The fourth-order valence-electron chi connectivity index (χ4n) is 0.401. The Balaban J connectivity index is 3.82. The van der Waals surface area contributed by atoms with Gasteiger partial charge < -0.3 is 10.8 Å². The monoisotopic (exact) mass is 148 g/mol. The van der Waals surface area contributed by atoms with Crippen molar-refractivity contribution in [3.8, 4) is 0 Å². The van der Waals surface area contributed by atoms with Crippen molar-refractivity contribution in [1.82, 2.24) is 5.06 Å². The van der Waals surface area contributed by atoms with Gasteiger partial charge in [0.15, 0.2) is 0 Å². The molecule has 0 radical (unpaired) electrons. The molecule has 0 heterocycles. The minimum atomic E-state index is -1.16. The van der Waals surface area contributed by atoms with Gasteiger partial charge in [0.2, 0.25) is 0 Å². The molecule has 1 unspecified atom stereocenters. The predicted octanol–water partition coefficient (Wildman–Crippen LogP) is -1.67. The molecule has 5 nitrogen and oxygen atoms in total. The molecule has 0 aromatic rings. The van der Waals surface area contributed by atoms with Gasteiger partial charge in [0.1, 0.15) is 6.10 Å². The van der Waals surface area contributed by atoms with E-state index in [1.165, 1.54) is 14.2 Å². The van der Waals surface area contributed by atoms with Crippen LogP contribution < -0.4 is 5.73 Å². The highest BCUT2D eigenvalue weighted by Crippen LogP contribution is 1.89. The molecule has 0 aliphatic heterocycles. The first-order valence-electron chi connectivity index (χ1n) is 2.83. The molecule has 0 aromatic carbocycles. The van der Waals surface area contributed by atoms with E-state index < -0.39 is 12.0 Å². The second-order valence-corrected chi connectivity index (χ2v) is 1.77. The number of nitrogens with zero attached hydrogens (tertiary/aromatic N) is 1. The van der Waals surface area contributed by atoms with Gasteiger partial charge in [-0.3, -0.25) is 9.63 Å². The number of rotatable bonds is 3. The van der Waals surface area contributed by atoms with Crippen molar-refractivity contribution in [1.29, 1.82) is 0 Å². The zero-order chi connectivity index (χ0) is 8.15. The summed E-state index contributed by atoms with van der Waals surface area (Å²) in [5.74, 6) is -0.537. The average Bonchev–Trinajstić information content (AvgIpc) is 2.00. The normalized spacial score (nSPS) is 12.8. The average molecular weight is 148 g/mol. The predicted molar refractivity (Wildman–Crippen MR) is 34.8 cm³/mol. The Labute approximate surface area is 59.3 Å². The number of aliphatic hydroxyl groups excluding tert-OH is 1. The summed E-state index contributed by atoms with van der Waals surface area (Å²) in [7, 11) is 2.74. The van der Waals surface area contributed by atoms with Gasteiger partial charge in [-0.25, -0.2) is 5.06 Å². The van der Waals surface area contributed by atoms with Crippen LogP contribution in [0.1, 0.15) is 0 Å². The van der Waals surface area contributed by atoms with Crippen molar-refractivity contribution in [3.63, 3.8) is 0 Å². The van der Waals surface area contributed by atoms with E-state index in [9.17, 15) is 4.79 Å². The molecule has 10 heavy (non-hydrogen) atoms. The Kier molecular flexibility index (Phi) is 3.94. The second-order valence-electron chi connectivity index (χ2n) is 1.77. The van der Waals surface area contributed by atoms with Gasteiger partial charge in [-0.05, 0) is 0 Å². The van der Waals surface area contributed by atoms with E-state index in [1.54, 1.807) is 0 Å². The lowest BCUT2D eigenvalue weighted by Crippen LogP contribution is -2.39. The van der Waals surface area contributed by atoms with Crippen LogP contribution in [0, 0.1) is 0 Å². The molecular formula is C5H12N2O3. The van der Waals surface area contributed by atoms with Crippen molar-refractivity contribution in [2.75, 3.05) is 20.7 Å². The lowest BCUT2D eigenvalue weighted by Gasteiger charge is -2.16. The SMILES string of the molecule is CON(C)C(=O)C(O)CN. The van der Waals surface area contributed by atoms with Crippen LogP contribution >= 0.6 is 0 Å². The van der Waals surface area contributed by atoms with Gasteiger partial charge in [-0.15, -0.1) is 0 Å². The zero-order valence-electron chi connectivity index (χ0n) is 6.07. The highest BCUT2D eigenvalue weighted by atomic mass is 16.7. The van der Waals surface area contributed by atoms with E-state index >= 15 is 0 Å². The van der Waals surface area contributed by atoms with Crippen molar-refractivity contribution in [3.05, 3.63) is 0 Å². The van der Waals surface area contributed by atoms with Crippen LogP contribution in [0.15, 0.2) is 0 Å². The number of hydrogen-bond donors (Lipinski definition) is 2. The van der Waals surface area contributed by atoms with Gasteiger partial charge in [-0.2, -0.15) is 0 Å². The van der Waals surface area contributed by atoms with Crippen molar-refractivity contribution < 1.29 is 14.7 Å². The van der Waals surface area contributed by atoms with E-state index in [-0.39, 0.29) is 6.54 Å². The number of carbonyl (C=O) groups is 1. The van der Waals surface area contributed by atoms with Crippen molar-refractivity contribution in [2.24, 2.45) is 5.73 Å². The number of nitrogens with two attached hydrogens (primary N) is 1. The molecule has 0 saturated heterocycles. The van der Waals surface area contributed by atoms with E-state index in [1.807, 2.05) is 0 Å². The first-order chi connectivity index (χ1) is 4.63. The Morgan fingerprint density at radius 1 is 1.90 bits per heavy atom. The molecule has 0 aromatic heterocycles. The maximum absolute atomic E-state index is 10.8. The lowest BCUT2D eigenvalue weighted by molar-refractivity contribution is -0.177. The fourth-order valence-corrected chi connectivity index (χ4v) is 0.401. The summed E-state index contributed by atoms with van der Waals surface area (Å²) in [6.07, 6.45) is -1.16. The van der Waals surface area contributed by atoms with Crippen molar-refractivity contribution in [2.45, 2.75) is 6.10 Å². The number of carbonyl (C=O) groups excluding carboxylic acids is 1. The Bertz CT molecular complexity index is 105. The number of hydrogen-bond acceptors (Lipinski definition) is 4. The van der Waals surface area contributed by atoms with Crippen LogP contribution in [0.4, 0.5) is 0 Å². The first-order valence-corrected chi connectivity index (χ1v) is 2.83. The summed E-state index contributed by atoms with van der Waals surface area (Å²) >= 11 is 0. The molecule has 5 heteroatoms. The zero-order valence-corrected chi connectivity index (χ0v) is 6.07. The summed E-state index contributed by atoms with van der Waals surface area (Å²) in [6, 6.07) is 0. The summed E-state index contributed by atoms with van der Waals surface area (Å²) in [5.41, 5.74) is 5.01. The second kappa shape index (κ2) is 4.21. The lowest BCUT2D eigenvalue weighted by atomic mass is 10.3. The number of aliphatic hydroxyl groups is 1. The van der Waals surface area contributed by atoms with Crippen LogP contribution in [0.5, 0.6) is 0 Å².